The maximum Gasteiger partial charge on any atom is 0.490 e. The molecule has 2 fully saturated rings. The number of halogens is 8. The van der Waals surface area contributed by atoms with Gasteiger partial charge in [0, 0.05) is 50.7 Å². The van der Waals surface area contributed by atoms with Gasteiger partial charge in [-0.15, -0.1) is 0 Å². The van der Waals surface area contributed by atoms with Crippen LogP contribution in [0, 0.1) is 11.6 Å². The van der Waals surface area contributed by atoms with Crippen molar-refractivity contribution in [2.75, 3.05) is 26.3 Å². The maximum absolute atomic E-state index is 14.5. The zero-order valence-electron chi connectivity index (χ0n) is 33.5. The van der Waals surface area contributed by atoms with E-state index in [1.54, 1.807) is 16.7 Å². The molecule has 0 bridgehead atoms. The van der Waals surface area contributed by atoms with Gasteiger partial charge in [-0.25, -0.2) is 37.7 Å². The number of aliphatic carboxylic acids is 2. The minimum Gasteiger partial charge on any atom is -0.475 e. The van der Waals surface area contributed by atoms with Crippen molar-refractivity contribution in [2.45, 2.75) is 63.2 Å². The van der Waals surface area contributed by atoms with Crippen molar-refractivity contribution in [1.82, 2.24) is 33.7 Å². The average molecular weight is 906 g/mol. The molecule has 5 heterocycles. The normalized spacial score (nSPS) is 17.0. The van der Waals surface area contributed by atoms with E-state index in [-0.39, 0.29) is 28.9 Å². The summed E-state index contributed by atoms with van der Waals surface area (Å²) in [5, 5.41) is 17.8. The molecule has 3 N–H and O–H groups in total. The highest BCUT2D eigenvalue weighted by atomic mass is 19.4. The van der Waals surface area contributed by atoms with Gasteiger partial charge in [-0.2, -0.15) is 26.3 Å². The van der Waals surface area contributed by atoms with E-state index in [9.17, 15) is 44.7 Å². The molecule has 0 unspecified atom stereocenters. The van der Waals surface area contributed by atoms with Crippen LogP contribution in [0.1, 0.15) is 43.0 Å². The average Bonchev–Trinajstić information content (AvgIpc) is 3.66. The molecule has 0 spiro atoms. The number of carboxylic acid groups (broad SMARTS) is 2. The third-order valence-corrected chi connectivity index (χ3v) is 10.4. The van der Waals surface area contributed by atoms with E-state index in [0.717, 1.165) is 68.7 Å². The number of carboxylic acids is 2. The fourth-order valence-corrected chi connectivity index (χ4v) is 7.27. The number of fused-ring (bicyclic) bond motifs is 2. The van der Waals surface area contributed by atoms with Crippen LogP contribution in [0.25, 0.3) is 33.5 Å². The first kappa shape index (κ1) is 47.0. The molecule has 2 aliphatic rings. The SMILES string of the molecule is O=C(O)C(F)(F)F.O=C(O)C(F)(F)F.O=c1c2cc(F)cnc2n(-c2cccc(-c3ccc(CN4CCOCC4)cc3)c2)c(=O)n1C1CCC(NCc2cn3cc(F)ccc3n2)CC1. The van der Waals surface area contributed by atoms with Gasteiger partial charge >= 0.3 is 30.0 Å². The highest BCUT2D eigenvalue weighted by Gasteiger charge is 2.39. The molecule has 0 amide bonds. The van der Waals surface area contributed by atoms with Gasteiger partial charge in [0.05, 0.1) is 36.2 Å². The van der Waals surface area contributed by atoms with E-state index >= 15 is 0 Å². The lowest BCUT2D eigenvalue weighted by Crippen LogP contribution is -2.44. The summed E-state index contributed by atoms with van der Waals surface area (Å²) >= 11 is 0. The standard InChI is InChI=1S/C38H37F2N7O3.2C2HF3O2/c39-28-8-13-35-43-31(24-45(35)23-28)21-41-30-9-11-32(12-10-30)47-37(48)34-19-29(40)20-42-36(34)46(38(47)49)33-3-1-2-27(18-33)26-6-4-25(5-7-26)22-44-14-16-50-17-15-44;2*3-2(4,5)1(6)7/h1-8,13,18-20,23-24,30,32,41H,9-12,14-17,21-22H2;2*(H,6,7). The number of benzene rings is 2. The minimum atomic E-state index is -5.08. The molecule has 2 aromatic carbocycles. The number of pyridine rings is 2. The number of alkyl halides is 6. The molecule has 4 aromatic heterocycles. The third-order valence-electron chi connectivity index (χ3n) is 10.4. The second-order valence-corrected chi connectivity index (χ2v) is 14.8. The van der Waals surface area contributed by atoms with Crippen molar-refractivity contribution in [3.05, 3.63) is 129 Å². The second kappa shape index (κ2) is 19.9. The minimum absolute atomic E-state index is 0.0611. The topological polar surface area (TPSA) is 173 Å². The van der Waals surface area contributed by atoms with Crippen LogP contribution in [0.15, 0.2) is 94.9 Å². The molecule has 1 aliphatic heterocycles. The molecule has 64 heavy (non-hydrogen) atoms. The van der Waals surface area contributed by atoms with Crippen LogP contribution in [0.2, 0.25) is 0 Å². The molecule has 6 aromatic rings. The molecule has 1 saturated carbocycles. The van der Waals surface area contributed by atoms with Crippen molar-refractivity contribution >= 4 is 28.6 Å². The monoisotopic (exact) mass is 905 g/mol. The largest absolute Gasteiger partial charge is 0.490 e. The molecule has 8 rings (SSSR count). The van der Waals surface area contributed by atoms with Gasteiger partial charge < -0.3 is 24.7 Å². The van der Waals surface area contributed by atoms with E-state index in [1.807, 2.05) is 24.3 Å². The summed E-state index contributed by atoms with van der Waals surface area (Å²) in [6.07, 6.45) is -3.28. The first-order chi connectivity index (χ1) is 30.3. The number of hydrogen-bond acceptors (Lipinski definition) is 9. The Morgan fingerprint density at radius 1 is 0.797 bits per heavy atom. The summed E-state index contributed by atoms with van der Waals surface area (Å²) in [5.41, 5.74) is 4.22. The summed E-state index contributed by atoms with van der Waals surface area (Å²) in [6, 6.07) is 20.0. The number of ether oxygens (including phenoxy) is 1. The number of rotatable bonds is 8. The lowest BCUT2D eigenvalue weighted by atomic mass is 9.91. The second-order valence-electron chi connectivity index (χ2n) is 14.8. The first-order valence-electron chi connectivity index (χ1n) is 19.6. The van der Waals surface area contributed by atoms with Crippen molar-refractivity contribution in [3.8, 4) is 16.8 Å². The van der Waals surface area contributed by atoms with Crippen molar-refractivity contribution in [2.24, 2.45) is 0 Å². The Balaban J connectivity index is 0.000000422. The zero-order valence-corrected chi connectivity index (χ0v) is 33.5. The van der Waals surface area contributed by atoms with E-state index in [1.165, 1.54) is 33.0 Å². The molecule has 1 saturated heterocycles. The summed E-state index contributed by atoms with van der Waals surface area (Å²) in [7, 11) is 0. The summed E-state index contributed by atoms with van der Waals surface area (Å²) in [4.78, 5) is 57.1. The molecule has 14 nitrogen and oxygen atoms in total. The van der Waals surface area contributed by atoms with Crippen LogP contribution in [0.4, 0.5) is 35.1 Å². The number of carbonyl (C=O) groups is 2. The number of morpholine rings is 1. The van der Waals surface area contributed by atoms with Crippen LogP contribution in [0.5, 0.6) is 0 Å². The number of aromatic nitrogens is 5. The Morgan fingerprint density at radius 3 is 2.06 bits per heavy atom. The summed E-state index contributed by atoms with van der Waals surface area (Å²) in [5.74, 6) is -6.48. The number of imidazole rings is 1. The Hall–Kier alpha value is -6.52. The lowest BCUT2D eigenvalue weighted by Gasteiger charge is -2.30. The number of hydrogen-bond donors (Lipinski definition) is 3. The van der Waals surface area contributed by atoms with E-state index in [0.29, 0.717) is 30.7 Å². The highest BCUT2D eigenvalue weighted by Crippen LogP contribution is 2.29. The predicted octanol–water partition coefficient (Wildman–Crippen LogP) is 6.51. The van der Waals surface area contributed by atoms with Crippen LogP contribution < -0.4 is 16.6 Å². The van der Waals surface area contributed by atoms with Crippen LogP contribution in [-0.4, -0.2) is 95.3 Å². The van der Waals surface area contributed by atoms with Crippen LogP contribution in [-0.2, 0) is 27.4 Å². The Labute approximate surface area is 357 Å². The maximum atomic E-state index is 14.5. The van der Waals surface area contributed by atoms with Gasteiger partial charge in [0.25, 0.3) is 5.56 Å². The Kier molecular flexibility index (Phi) is 14.6. The van der Waals surface area contributed by atoms with E-state index in [4.69, 9.17) is 24.5 Å². The fraction of sp³-hybridized carbons (Fsp3) is 0.333. The molecular weight excluding hydrogens is 866 g/mol. The fourth-order valence-electron chi connectivity index (χ4n) is 7.27. The molecule has 22 heteroatoms. The van der Waals surface area contributed by atoms with Gasteiger partial charge in [0.15, 0.2) is 5.65 Å². The van der Waals surface area contributed by atoms with E-state index < -0.39 is 41.4 Å². The van der Waals surface area contributed by atoms with Gasteiger partial charge in [-0.05, 0) is 72.7 Å². The molecular formula is C42H39F8N7O7. The van der Waals surface area contributed by atoms with Gasteiger partial charge in [0.2, 0.25) is 0 Å². The van der Waals surface area contributed by atoms with Gasteiger partial charge in [-0.1, -0.05) is 36.4 Å². The van der Waals surface area contributed by atoms with Crippen molar-refractivity contribution < 1.29 is 59.7 Å². The van der Waals surface area contributed by atoms with Crippen molar-refractivity contribution in [1.29, 1.82) is 0 Å². The van der Waals surface area contributed by atoms with Crippen LogP contribution in [0.3, 0.4) is 0 Å². The Morgan fingerprint density at radius 2 is 1.44 bits per heavy atom. The van der Waals surface area contributed by atoms with Gasteiger partial charge in [-0.3, -0.25) is 14.3 Å². The summed E-state index contributed by atoms with van der Waals surface area (Å²) < 4.78 is 101. The lowest BCUT2D eigenvalue weighted by molar-refractivity contribution is -0.193. The van der Waals surface area contributed by atoms with Crippen molar-refractivity contribution in [3.63, 3.8) is 0 Å². The smallest absolute Gasteiger partial charge is 0.475 e. The van der Waals surface area contributed by atoms with Crippen LogP contribution >= 0.6 is 0 Å². The molecule has 1 aliphatic carbocycles. The Bertz CT molecular complexity index is 2700. The van der Waals surface area contributed by atoms with E-state index in [2.05, 4.69) is 44.5 Å². The highest BCUT2D eigenvalue weighted by molar-refractivity contribution is 5.77. The quantitative estimate of drug-likeness (QED) is 0.142. The summed E-state index contributed by atoms with van der Waals surface area (Å²) in [6.45, 7) is 4.71. The zero-order chi connectivity index (χ0) is 46.3. The molecule has 0 radical (unpaired) electrons. The number of nitrogens with one attached hydrogen (secondary N) is 1. The number of nitrogens with zero attached hydrogens (tertiary/aromatic N) is 6. The molecule has 340 valence electrons. The predicted molar refractivity (Wildman–Crippen MR) is 214 cm³/mol. The van der Waals surface area contributed by atoms with Gasteiger partial charge in [0.1, 0.15) is 17.3 Å². The first-order valence-corrected chi connectivity index (χ1v) is 19.6. The third kappa shape index (κ3) is 11.7. The molecule has 0 atom stereocenters.